The second-order valence-electron chi connectivity index (χ2n) is 17.3. The lowest BCUT2D eigenvalue weighted by Gasteiger charge is -2.34. The highest BCUT2D eigenvalue weighted by atomic mass is 28.3. The predicted octanol–water partition coefficient (Wildman–Crippen LogP) is 15.9. The molecule has 0 saturated heterocycles. The van der Waals surface area contributed by atoms with Gasteiger partial charge < -0.3 is 18.1 Å². The Morgan fingerprint density at radius 3 is 1.47 bits per heavy atom. The van der Waals surface area contributed by atoms with Crippen LogP contribution in [-0.2, 0) is 0 Å². The Hall–Kier alpha value is -9.94. The van der Waals surface area contributed by atoms with Crippen LogP contribution in [0.5, 0.6) is 0 Å². The Balaban J connectivity index is 1.09. The fourth-order valence-corrected chi connectivity index (χ4v) is 14.1. The zero-order valence-electron chi connectivity index (χ0n) is 78.8. The monoisotopic (exact) mass is 1040 g/mol. The maximum atomic E-state index is 10.9. The van der Waals surface area contributed by atoms with E-state index in [2.05, 4.69) is 0 Å². The molecule has 0 saturated carbocycles. The first kappa shape index (κ1) is 19.6. The van der Waals surface area contributed by atoms with Crippen LogP contribution in [0.15, 0.2) is 289 Å². The highest BCUT2D eigenvalue weighted by molar-refractivity contribution is 7.20. The number of rotatable bonds is 8. The number of aromatic nitrogens is 3. The SMILES string of the molecule is [2H]c1c([2H])c([2H])c([Si](c2ccc3c(c2)oc2ccccc23)(c2c([2H])c([2H])c([2H])c([2H])c2[2H])c2c([2H])c([2H])c([2H])c(-n3c4c([2H])c([2H])c([2H])c([2H])c4c4c([2H])c(-n5c6c([2H])c([2H])c([2H])c([2H])c6c6c([2H])c(-c7c([2H])c([2H])c([2H])c([2H])c7-n7c8c([2H])c([2H])c([2H])c([2H])c8c8c([2H])c([2H])c([2H])c([2H])c87)c([2H])c([2H])c65)c([2H])c([2H])c43)c2[2H])c([2H])c1[2H]. The average molecular weight is 1040 g/mol. The lowest BCUT2D eigenvalue weighted by molar-refractivity contribution is 0.669. The van der Waals surface area contributed by atoms with Gasteiger partial charge in [-0.15, -0.1) is 0 Å². The highest BCUT2D eigenvalue weighted by Crippen LogP contribution is 2.41. The zero-order chi connectivity index (χ0) is 85.4. The van der Waals surface area contributed by atoms with Crippen molar-refractivity contribution >= 4 is 116 Å². The maximum Gasteiger partial charge on any atom is 0.179 e. The number of fused-ring (bicyclic) bond motifs is 12. The van der Waals surface area contributed by atoms with Gasteiger partial charge in [-0.05, 0) is 111 Å². The van der Waals surface area contributed by atoms with E-state index in [9.17, 15) is 38.4 Å². The standard InChI is InChI=1S/C72H47N3OSi/c1-3-21-51(22-4-1)77(52-23-5-2-6-24-52,54-40-41-61-60-31-12-18-37-71(60)76-72(61)47-54)53-25-19-20-49(45-53)73-66-34-15-11-30-59(66)63-46-50(39-43-70(63)73)74-65-33-14-10-29-58(65)62-44-48(38-42-69(62)74)55-26-7-13-32-64(55)75-67-35-16-8-27-56(67)57-28-9-17-36-68(57)75/h1-47H/i1D,2D,3D,4D,5D,6D,7D,8D,9D,10D,11D,13D,14D,15D,16D,17D,19D,20D,21D,22D,23D,24D,25D,26D,27D,28D,29D,30D,32D,33D,34D,35D,36D,38D,39D,42D,43D,44D,45D,46D. The zero-order valence-corrected chi connectivity index (χ0v) is 39.8. The van der Waals surface area contributed by atoms with Crippen LogP contribution in [0.4, 0.5) is 0 Å². The molecule has 12 aromatic carbocycles. The van der Waals surface area contributed by atoms with Crippen molar-refractivity contribution in [3.8, 4) is 28.2 Å². The fraction of sp³-hybridized carbons (Fsp3) is 0. The predicted molar refractivity (Wildman–Crippen MR) is 326 cm³/mol. The van der Waals surface area contributed by atoms with E-state index in [1.807, 2.05) is 0 Å². The van der Waals surface area contributed by atoms with E-state index >= 15 is 0 Å². The van der Waals surface area contributed by atoms with E-state index in [1.54, 1.807) is 24.3 Å². The van der Waals surface area contributed by atoms with E-state index in [-0.39, 0.29) is 16.4 Å². The molecule has 360 valence electrons. The molecule has 0 aliphatic rings. The van der Waals surface area contributed by atoms with Gasteiger partial charge in [-0.1, -0.05) is 200 Å². The third kappa shape index (κ3) is 6.45. The molecule has 0 bridgehead atoms. The first-order valence-electron chi connectivity index (χ1n) is 43.2. The maximum absolute atomic E-state index is 10.9. The van der Waals surface area contributed by atoms with Gasteiger partial charge >= 0.3 is 0 Å². The summed E-state index contributed by atoms with van der Waals surface area (Å²) in [5.74, 6) is 0. The van der Waals surface area contributed by atoms with E-state index in [0.29, 0.717) is 24.5 Å². The Morgan fingerprint density at radius 1 is 0.312 bits per heavy atom. The van der Waals surface area contributed by atoms with E-state index in [1.165, 1.54) is 18.2 Å². The molecule has 0 radical (unpaired) electrons. The Labute approximate surface area is 501 Å². The Bertz CT molecular complexity index is 7260. The van der Waals surface area contributed by atoms with Gasteiger partial charge in [0.1, 0.15) is 11.2 Å². The van der Waals surface area contributed by atoms with Gasteiger partial charge in [0.25, 0.3) is 0 Å². The highest BCUT2D eigenvalue weighted by Gasteiger charge is 2.42. The number of furan rings is 1. The average Bonchev–Trinajstić information content (AvgIpc) is 1.67. The Kier molecular flexibility index (Phi) is 4.35. The summed E-state index contributed by atoms with van der Waals surface area (Å²) in [6.45, 7) is 0. The van der Waals surface area contributed by atoms with Crippen LogP contribution in [0.3, 0.4) is 0 Å². The van der Waals surface area contributed by atoms with Gasteiger partial charge in [0.2, 0.25) is 0 Å². The minimum absolute atomic E-state index is 0.0671. The number of nitrogens with zero attached hydrogens (tertiary/aromatic N) is 3. The summed E-state index contributed by atoms with van der Waals surface area (Å²) in [4.78, 5) is 0. The molecule has 0 atom stereocenters. The van der Waals surface area contributed by atoms with E-state index < -0.39 is 359 Å². The molecule has 4 aromatic heterocycles. The van der Waals surface area contributed by atoms with Crippen molar-refractivity contribution in [3.05, 3.63) is 284 Å². The van der Waals surface area contributed by atoms with E-state index in [4.69, 9.17) is 20.9 Å². The van der Waals surface area contributed by atoms with Crippen LogP contribution in [0.1, 0.15) is 54.8 Å². The molecule has 0 aliphatic carbocycles. The summed E-state index contributed by atoms with van der Waals surface area (Å²) in [5, 5.41) is -6.92. The normalized spacial score (nSPS) is 19.4. The molecular formula is C72H47N3OSi. The molecule has 0 spiro atoms. The first-order valence-corrected chi connectivity index (χ1v) is 25.2. The van der Waals surface area contributed by atoms with Crippen LogP contribution >= 0.6 is 0 Å². The van der Waals surface area contributed by atoms with Crippen LogP contribution in [0.25, 0.3) is 116 Å². The summed E-state index contributed by atoms with van der Waals surface area (Å²) < 4.78 is 389. The lowest BCUT2D eigenvalue weighted by Crippen LogP contribution is -2.74. The van der Waals surface area contributed by atoms with Crippen LogP contribution in [-0.4, -0.2) is 21.8 Å². The molecule has 0 fully saturated rings. The van der Waals surface area contributed by atoms with Gasteiger partial charge in [0, 0.05) is 60.0 Å². The fourth-order valence-electron chi connectivity index (χ4n) is 10.3. The van der Waals surface area contributed by atoms with Crippen molar-refractivity contribution in [1.82, 2.24) is 13.7 Å². The number of para-hydroxylation sites is 6. The van der Waals surface area contributed by atoms with Gasteiger partial charge in [-0.25, -0.2) is 0 Å². The first-order chi connectivity index (χ1) is 54.8. The van der Waals surface area contributed by atoms with Crippen molar-refractivity contribution in [2.24, 2.45) is 0 Å². The summed E-state index contributed by atoms with van der Waals surface area (Å²) in [7, 11) is -6.07. The van der Waals surface area contributed by atoms with Crippen molar-refractivity contribution in [2.45, 2.75) is 0 Å². The minimum atomic E-state index is -6.07. The van der Waals surface area contributed by atoms with Crippen LogP contribution in [0.2, 0.25) is 0 Å². The number of hydrogen-bond acceptors (Lipinski definition) is 1. The molecule has 0 amide bonds. The summed E-state index contributed by atoms with van der Waals surface area (Å²) in [6.07, 6.45) is 0. The van der Waals surface area contributed by atoms with Gasteiger partial charge in [-0.3, -0.25) is 0 Å². The molecule has 4 heterocycles. The third-order valence-electron chi connectivity index (χ3n) is 13.5. The molecule has 0 aliphatic heterocycles. The summed E-state index contributed by atoms with van der Waals surface area (Å²) in [6, 6.07) is -33.8. The largest absolute Gasteiger partial charge is 0.456 e. The number of hydrogen-bond donors (Lipinski definition) is 0. The smallest absolute Gasteiger partial charge is 0.179 e. The summed E-state index contributed by atoms with van der Waals surface area (Å²) >= 11 is 0. The topological polar surface area (TPSA) is 27.9 Å². The second kappa shape index (κ2) is 17.0. The Morgan fingerprint density at radius 2 is 0.805 bits per heavy atom. The minimum Gasteiger partial charge on any atom is -0.456 e. The quantitative estimate of drug-likeness (QED) is 0.110. The molecule has 4 nitrogen and oxygen atoms in total. The molecule has 77 heavy (non-hydrogen) atoms. The lowest BCUT2D eigenvalue weighted by atomic mass is 10.0. The van der Waals surface area contributed by atoms with Gasteiger partial charge in [0.15, 0.2) is 8.07 Å². The molecule has 0 unspecified atom stereocenters. The van der Waals surface area contributed by atoms with Crippen molar-refractivity contribution in [3.63, 3.8) is 0 Å². The van der Waals surface area contributed by atoms with Crippen molar-refractivity contribution < 1.29 is 59.2 Å². The molecule has 16 aromatic rings. The third-order valence-corrected chi connectivity index (χ3v) is 17.6. The van der Waals surface area contributed by atoms with Gasteiger partial charge in [-0.2, -0.15) is 0 Å². The molecule has 0 N–H and O–H groups in total. The van der Waals surface area contributed by atoms with Crippen LogP contribution < -0.4 is 20.7 Å². The molecule has 5 heteroatoms. The number of benzene rings is 12. The molecular weight excluding hydrogens is 951 g/mol. The van der Waals surface area contributed by atoms with Crippen LogP contribution in [0, 0.1) is 0 Å². The second-order valence-corrected chi connectivity index (χ2v) is 20.9. The van der Waals surface area contributed by atoms with E-state index in [0.717, 1.165) is 0 Å². The van der Waals surface area contributed by atoms with Gasteiger partial charge in [0.05, 0.1) is 93.6 Å². The van der Waals surface area contributed by atoms with Crippen molar-refractivity contribution in [1.29, 1.82) is 0 Å². The summed E-state index contributed by atoms with van der Waals surface area (Å²) in [5.41, 5.74) is -10.0. The van der Waals surface area contributed by atoms with Crippen molar-refractivity contribution in [2.75, 3.05) is 0 Å². The molecule has 16 rings (SSSR count).